The first-order valence-electron chi connectivity index (χ1n) is 6.28. The number of benzene rings is 2. The zero-order valence-corrected chi connectivity index (χ0v) is 11.6. The Bertz CT molecular complexity index is 737. The molecular weight excluding hydrogens is 274 g/mol. The molecule has 0 spiro atoms. The number of ketones is 1. The number of amides is 1. The molecule has 4 heteroatoms. The Kier molecular flexibility index (Phi) is 3.07. The number of halogens is 1. The van der Waals surface area contributed by atoms with E-state index in [-0.39, 0.29) is 11.7 Å². The van der Waals surface area contributed by atoms with Gasteiger partial charge in [0.25, 0.3) is 0 Å². The molecule has 20 heavy (non-hydrogen) atoms. The largest absolute Gasteiger partial charge is 0.325 e. The monoisotopic (exact) mass is 285 g/mol. The van der Waals surface area contributed by atoms with Crippen molar-refractivity contribution in [2.24, 2.45) is 0 Å². The van der Waals surface area contributed by atoms with E-state index in [1.807, 2.05) is 25.1 Å². The van der Waals surface area contributed by atoms with Gasteiger partial charge in [0.15, 0.2) is 5.78 Å². The van der Waals surface area contributed by atoms with E-state index in [4.69, 9.17) is 11.6 Å². The molecule has 0 fully saturated rings. The molecule has 1 amide bonds. The second-order valence-electron chi connectivity index (χ2n) is 4.91. The van der Waals surface area contributed by atoms with Crippen molar-refractivity contribution >= 4 is 29.0 Å². The number of fused-ring (bicyclic) bond motifs is 1. The molecule has 0 aromatic heterocycles. The van der Waals surface area contributed by atoms with Gasteiger partial charge in [-0.15, -0.1) is 0 Å². The normalized spacial score (nSPS) is 13.0. The Labute approximate surface area is 121 Å². The molecule has 1 heterocycles. The summed E-state index contributed by atoms with van der Waals surface area (Å²) in [6.45, 7) is 1.93. The molecule has 1 N–H and O–H groups in total. The summed E-state index contributed by atoms with van der Waals surface area (Å²) < 4.78 is 0. The van der Waals surface area contributed by atoms with Crippen LogP contribution in [0.5, 0.6) is 0 Å². The highest BCUT2D eigenvalue weighted by Crippen LogP contribution is 2.31. The Morgan fingerprint density at radius 3 is 2.80 bits per heavy atom. The minimum Gasteiger partial charge on any atom is -0.325 e. The van der Waals surface area contributed by atoms with Crippen molar-refractivity contribution < 1.29 is 9.59 Å². The van der Waals surface area contributed by atoms with Gasteiger partial charge in [0.1, 0.15) is 0 Å². The van der Waals surface area contributed by atoms with E-state index < -0.39 is 0 Å². The van der Waals surface area contributed by atoms with Crippen LogP contribution >= 0.6 is 11.6 Å². The SMILES string of the molecule is Cc1cccc(C(=O)c2cc3c(cc2Cl)NC(=O)C3)c1. The maximum atomic E-state index is 12.5. The van der Waals surface area contributed by atoms with E-state index >= 15 is 0 Å². The van der Waals surface area contributed by atoms with Gasteiger partial charge >= 0.3 is 0 Å². The summed E-state index contributed by atoms with van der Waals surface area (Å²) in [5.74, 6) is -0.197. The molecule has 0 unspecified atom stereocenters. The Morgan fingerprint density at radius 1 is 1.25 bits per heavy atom. The van der Waals surface area contributed by atoms with E-state index in [1.165, 1.54) is 0 Å². The summed E-state index contributed by atoms with van der Waals surface area (Å²) in [6, 6.07) is 10.7. The van der Waals surface area contributed by atoms with E-state index in [0.29, 0.717) is 28.3 Å². The first-order valence-corrected chi connectivity index (χ1v) is 6.66. The number of carbonyl (C=O) groups is 2. The molecule has 0 aliphatic carbocycles. The first-order chi connectivity index (χ1) is 9.54. The van der Waals surface area contributed by atoms with Crippen LogP contribution in [-0.4, -0.2) is 11.7 Å². The summed E-state index contributed by atoms with van der Waals surface area (Å²) in [4.78, 5) is 23.9. The molecule has 0 radical (unpaired) electrons. The summed E-state index contributed by atoms with van der Waals surface area (Å²) >= 11 is 6.17. The Morgan fingerprint density at radius 2 is 2.05 bits per heavy atom. The predicted molar refractivity (Wildman–Crippen MR) is 78.4 cm³/mol. The summed E-state index contributed by atoms with van der Waals surface area (Å²) in [6.07, 6.45) is 0.292. The fourth-order valence-electron chi connectivity index (χ4n) is 2.36. The molecule has 100 valence electrons. The minimum atomic E-state index is -0.124. The first kappa shape index (κ1) is 12.9. The van der Waals surface area contributed by atoms with Crippen LogP contribution in [0.1, 0.15) is 27.0 Å². The molecule has 1 aliphatic heterocycles. The number of anilines is 1. The molecule has 3 nitrogen and oxygen atoms in total. The van der Waals surface area contributed by atoms with Crippen molar-refractivity contribution in [2.75, 3.05) is 5.32 Å². The van der Waals surface area contributed by atoms with Gasteiger partial charge in [0, 0.05) is 16.8 Å². The van der Waals surface area contributed by atoms with Crippen molar-refractivity contribution in [3.8, 4) is 0 Å². The third-order valence-electron chi connectivity index (χ3n) is 3.34. The van der Waals surface area contributed by atoms with Crippen LogP contribution in [0.3, 0.4) is 0 Å². The van der Waals surface area contributed by atoms with E-state index in [1.54, 1.807) is 18.2 Å². The number of carbonyl (C=O) groups excluding carboxylic acids is 2. The zero-order valence-electron chi connectivity index (χ0n) is 10.9. The molecule has 3 rings (SSSR count). The van der Waals surface area contributed by atoms with E-state index in [9.17, 15) is 9.59 Å². The van der Waals surface area contributed by atoms with E-state index in [2.05, 4.69) is 5.32 Å². The Balaban J connectivity index is 2.05. The van der Waals surface area contributed by atoms with E-state index in [0.717, 1.165) is 11.1 Å². The molecule has 0 bridgehead atoms. The lowest BCUT2D eigenvalue weighted by Gasteiger charge is -2.07. The third-order valence-corrected chi connectivity index (χ3v) is 3.66. The fourth-order valence-corrected chi connectivity index (χ4v) is 2.61. The molecule has 0 atom stereocenters. The quantitative estimate of drug-likeness (QED) is 0.860. The summed E-state index contributed by atoms with van der Waals surface area (Å²) in [5, 5.41) is 3.08. The van der Waals surface area contributed by atoms with Crippen molar-refractivity contribution in [3.05, 3.63) is 63.7 Å². The highest BCUT2D eigenvalue weighted by molar-refractivity contribution is 6.35. The van der Waals surface area contributed by atoms with Gasteiger partial charge in [-0.3, -0.25) is 9.59 Å². The van der Waals surface area contributed by atoms with Gasteiger partial charge in [-0.05, 0) is 30.7 Å². The number of aryl methyl sites for hydroxylation is 1. The third kappa shape index (κ3) is 2.21. The molecule has 0 saturated heterocycles. The lowest BCUT2D eigenvalue weighted by atomic mass is 9.99. The Hall–Kier alpha value is -2.13. The second kappa shape index (κ2) is 4.76. The highest BCUT2D eigenvalue weighted by Gasteiger charge is 2.22. The molecule has 0 saturated carbocycles. The van der Waals surface area contributed by atoms with Crippen molar-refractivity contribution in [1.82, 2.24) is 0 Å². The fraction of sp³-hybridized carbons (Fsp3) is 0.125. The second-order valence-corrected chi connectivity index (χ2v) is 5.32. The predicted octanol–water partition coefficient (Wildman–Crippen LogP) is 3.37. The average molecular weight is 286 g/mol. The van der Waals surface area contributed by atoms with Gasteiger partial charge in [0.2, 0.25) is 5.91 Å². The van der Waals surface area contributed by atoms with Gasteiger partial charge in [-0.2, -0.15) is 0 Å². The number of hydrogen-bond acceptors (Lipinski definition) is 2. The molecule has 1 aliphatic rings. The van der Waals surface area contributed by atoms with Crippen molar-refractivity contribution in [2.45, 2.75) is 13.3 Å². The van der Waals surface area contributed by atoms with Gasteiger partial charge in [-0.1, -0.05) is 35.4 Å². The number of nitrogens with one attached hydrogen (secondary N) is 1. The zero-order chi connectivity index (χ0) is 14.3. The van der Waals surface area contributed by atoms with Crippen LogP contribution < -0.4 is 5.32 Å². The lowest BCUT2D eigenvalue weighted by molar-refractivity contribution is -0.115. The van der Waals surface area contributed by atoms with Crippen molar-refractivity contribution in [3.63, 3.8) is 0 Å². The van der Waals surface area contributed by atoms with Crippen LogP contribution in [0.2, 0.25) is 5.02 Å². The van der Waals surface area contributed by atoms with Crippen LogP contribution in [0.15, 0.2) is 36.4 Å². The maximum absolute atomic E-state index is 12.5. The molecule has 2 aromatic carbocycles. The molecular formula is C16H12ClNO2. The maximum Gasteiger partial charge on any atom is 0.228 e. The van der Waals surface area contributed by atoms with Gasteiger partial charge < -0.3 is 5.32 Å². The summed E-state index contributed by atoms with van der Waals surface area (Å²) in [5.41, 5.74) is 3.57. The van der Waals surface area contributed by atoms with Crippen LogP contribution in [0, 0.1) is 6.92 Å². The topological polar surface area (TPSA) is 46.2 Å². The van der Waals surface area contributed by atoms with Crippen LogP contribution in [-0.2, 0) is 11.2 Å². The smallest absolute Gasteiger partial charge is 0.228 e. The summed E-state index contributed by atoms with van der Waals surface area (Å²) in [7, 11) is 0. The van der Waals surface area contributed by atoms with Gasteiger partial charge in [0.05, 0.1) is 11.4 Å². The van der Waals surface area contributed by atoms with Crippen molar-refractivity contribution in [1.29, 1.82) is 0 Å². The standard InChI is InChI=1S/C16H12ClNO2/c1-9-3-2-4-10(5-9)16(20)12-6-11-7-15(19)18-14(11)8-13(12)17/h2-6,8H,7H2,1H3,(H,18,19). The van der Waals surface area contributed by atoms with Crippen LogP contribution in [0.25, 0.3) is 0 Å². The average Bonchev–Trinajstić information content (AvgIpc) is 2.76. The molecule has 2 aromatic rings. The van der Waals surface area contributed by atoms with Crippen LogP contribution in [0.4, 0.5) is 5.69 Å². The van der Waals surface area contributed by atoms with Gasteiger partial charge in [-0.25, -0.2) is 0 Å². The number of hydrogen-bond donors (Lipinski definition) is 1. The minimum absolute atomic E-state index is 0.0729. The highest BCUT2D eigenvalue weighted by atomic mass is 35.5. The number of rotatable bonds is 2. The lowest BCUT2D eigenvalue weighted by Crippen LogP contribution is -2.03.